The van der Waals surface area contributed by atoms with E-state index in [2.05, 4.69) is 12.2 Å². The molecule has 5 aliphatic rings. The molecule has 0 aromatic heterocycles. The Bertz CT molecular complexity index is 617. The lowest BCUT2D eigenvalue weighted by Crippen LogP contribution is -2.76. The Hall–Kier alpha value is -0.390. The molecule has 0 aromatic rings. The first-order chi connectivity index (χ1) is 10.6. The Balaban J connectivity index is 1.75. The molecular weight excluding hydrogens is 327 g/mol. The molecular formula is C16H16Cl2O4. The number of Topliss-reactive ketones (excluding diaryl/α,β-unsaturated/α-hetero) is 1. The van der Waals surface area contributed by atoms with Gasteiger partial charge in [0.1, 0.15) is 4.87 Å². The van der Waals surface area contributed by atoms with E-state index in [0.29, 0.717) is 13.2 Å². The van der Waals surface area contributed by atoms with Crippen molar-refractivity contribution in [2.24, 2.45) is 23.7 Å². The van der Waals surface area contributed by atoms with E-state index in [1.807, 2.05) is 0 Å². The maximum absolute atomic E-state index is 12.7. The highest BCUT2D eigenvalue weighted by Gasteiger charge is 2.74. The van der Waals surface area contributed by atoms with Crippen LogP contribution in [-0.4, -0.2) is 35.9 Å². The largest absolute Gasteiger partial charge is 0.352 e. The number of carbonyl (C=O) groups excluding carboxylic acids is 1. The Morgan fingerprint density at radius 2 is 2.18 bits per heavy atom. The van der Waals surface area contributed by atoms with E-state index >= 15 is 0 Å². The molecule has 6 heteroatoms. The van der Waals surface area contributed by atoms with Crippen LogP contribution in [0.5, 0.6) is 0 Å². The van der Waals surface area contributed by atoms with Gasteiger partial charge in [0, 0.05) is 24.4 Å². The van der Waals surface area contributed by atoms with Crippen LogP contribution in [0.2, 0.25) is 0 Å². The number of fused-ring (bicyclic) bond motifs is 2. The molecule has 0 N–H and O–H groups in total. The highest BCUT2D eigenvalue weighted by molar-refractivity contribution is 6.44. The van der Waals surface area contributed by atoms with E-state index in [1.165, 1.54) is 0 Å². The first kappa shape index (κ1) is 14.0. The highest BCUT2D eigenvalue weighted by atomic mass is 35.5. The molecule has 5 rings (SSSR count). The van der Waals surface area contributed by atoms with Crippen molar-refractivity contribution in [2.75, 3.05) is 13.2 Å². The van der Waals surface area contributed by atoms with Gasteiger partial charge in [0.2, 0.25) is 5.79 Å². The van der Waals surface area contributed by atoms with Crippen molar-refractivity contribution in [3.05, 3.63) is 23.3 Å². The molecule has 3 saturated heterocycles. The van der Waals surface area contributed by atoms with Crippen LogP contribution >= 0.6 is 23.2 Å². The first-order valence-electron chi connectivity index (χ1n) is 7.80. The average molecular weight is 343 g/mol. The van der Waals surface area contributed by atoms with Gasteiger partial charge in [-0.05, 0) is 18.9 Å². The summed E-state index contributed by atoms with van der Waals surface area (Å²) in [5, 5.41) is 0.161. The highest BCUT2D eigenvalue weighted by Crippen LogP contribution is 2.64. The van der Waals surface area contributed by atoms with Crippen LogP contribution in [0.3, 0.4) is 0 Å². The maximum atomic E-state index is 12.7. The molecule has 2 aliphatic carbocycles. The molecule has 0 spiro atoms. The summed E-state index contributed by atoms with van der Waals surface area (Å²) in [7, 11) is 0. The quantitative estimate of drug-likeness (QED) is 0.501. The summed E-state index contributed by atoms with van der Waals surface area (Å²) in [6, 6.07) is 0. The smallest absolute Gasteiger partial charge is 0.213 e. The zero-order chi connectivity index (χ0) is 15.1. The van der Waals surface area contributed by atoms with Crippen LogP contribution in [0.15, 0.2) is 23.3 Å². The zero-order valence-electron chi connectivity index (χ0n) is 11.8. The lowest BCUT2D eigenvalue weighted by molar-refractivity contribution is -0.378. The van der Waals surface area contributed by atoms with Gasteiger partial charge >= 0.3 is 0 Å². The molecule has 7 atom stereocenters. The molecule has 0 radical (unpaired) electrons. The van der Waals surface area contributed by atoms with Gasteiger partial charge in [-0.15, -0.1) is 11.6 Å². The van der Waals surface area contributed by atoms with E-state index in [4.69, 9.17) is 37.4 Å². The van der Waals surface area contributed by atoms with Gasteiger partial charge in [-0.1, -0.05) is 23.8 Å². The van der Waals surface area contributed by atoms with E-state index in [0.717, 1.165) is 12.8 Å². The predicted octanol–water partition coefficient (Wildman–Crippen LogP) is 2.60. The van der Waals surface area contributed by atoms with E-state index in [-0.39, 0.29) is 34.9 Å². The number of ketones is 1. The molecule has 0 amide bonds. The summed E-state index contributed by atoms with van der Waals surface area (Å²) in [6.45, 7) is 1.08. The van der Waals surface area contributed by atoms with Gasteiger partial charge in [0.15, 0.2) is 12.1 Å². The van der Waals surface area contributed by atoms with Gasteiger partial charge in [-0.3, -0.25) is 4.79 Å². The standard InChI is InChI=1S/C16H16Cl2O4/c17-11-6-15-16(18)10(9-2-1-5-20-14(9)22-15)4-3-8(7-21-15)12(16)13(11)19/h3-4,6,8-10,12,14H,1-2,5,7H2/t8-,9+,10+,12-,14-,15-,16+/m1/s1. The molecule has 3 fully saturated rings. The number of hydrogen-bond acceptors (Lipinski definition) is 4. The minimum absolute atomic E-state index is 0.0141. The van der Waals surface area contributed by atoms with Crippen LogP contribution < -0.4 is 0 Å². The summed E-state index contributed by atoms with van der Waals surface area (Å²) in [4.78, 5) is 11.8. The van der Waals surface area contributed by atoms with Crippen molar-refractivity contribution in [3.63, 3.8) is 0 Å². The van der Waals surface area contributed by atoms with Crippen molar-refractivity contribution >= 4 is 29.0 Å². The van der Waals surface area contributed by atoms with Gasteiger partial charge in [-0.25, -0.2) is 0 Å². The lowest BCUT2D eigenvalue weighted by atomic mass is 9.56. The fourth-order valence-corrected chi connectivity index (χ4v) is 5.83. The van der Waals surface area contributed by atoms with Gasteiger partial charge < -0.3 is 14.2 Å². The third-order valence-corrected chi connectivity index (χ3v) is 6.90. The topological polar surface area (TPSA) is 44.8 Å². The number of rotatable bonds is 0. The van der Waals surface area contributed by atoms with Crippen LogP contribution in [0.1, 0.15) is 12.8 Å². The molecule has 0 saturated carbocycles. The molecule has 3 aliphatic heterocycles. The van der Waals surface area contributed by atoms with Crippen molar-refractivity contribution in [3.8, 4) is 0 Å². The van der Waals surface area contributed by atoms with Crippen molar-refractivity contribution in [1.82, 2.24) is 0 Å². The number of alkyl halides is 1. The third-order valence-electron chi connectivity index (χ3n) is 5.86. The van der Waals surface area contributed by atoms with Crippen molar-refractivity contribution < 1.29 is 19.0 Å². The Kier molecular flexibility index (Phi) is 2.78. The lowest BCUT2D eigenvalue weighted by Gasteiger charge is -2.65. The molecule has 4 nitrogen and oxygen atoms in total. The van der Waals surface area contributed by atoms with Crippen molar-refractivity contribution in [2.45, 2.75) is 29.8 Å². The monoisotopic (exact) mass is 342 g/mol. The maximum Gasteiger partial charge on any atom is 0.213 e. The summed E-state index contributed by atoms with van der Waals surface area (Å²) in [5.74, 6) is -1.55. The number of ether oxygens (including phenoxy) is 3. The average Bonchev–Trinajstić information content (AvgIpc) is 2.50. The molecule has 118 valence electrons. The second-order valence-corrected chi connectivity index (χ2v) is 7.85. The molecule has 22 heavy (non-hydrogen) atoms. The fourth-order valence-electron chi connectivity index (χ4n) is 4.92. The fraction of sp³-hybridized carbons (Fsp3) is 0.688. The van der Waals surface area contributed by atoms with E-state index in [9.17, 15) is 4.79 Å². The molecule has 4 bridgehead atoms. The number of halogens is 2. The summed E-state index contributed by atoms with van der Waals surface area (Å²) >= 11 is 13.3. The second kappa shape index (κ2) is 4.37. The van der Waals surface area contributed by atoms with E-state index in [1.54, 1.807) is 6.08 Å². The SMILES string of the molecule is O=C1C(Cl)=C[C@@]23OC[C@H]4C=C[C@@H]([C@@H]5CCCO[C@@H]5O2)[C@]3(Cl)[C@@H]14. The minimum atomic E-state index is -1.17. The van der Waals surface area contributed by atoms with Crippen LogP contribution in [0, 0.1) is 23.7 Å². The van der Waals surface area contributed by atoms with E-state index < -0.39 is 16.6 Å². The molecule has 0 unspecified atom stereocenters. The van der Waals surface area contributed by atoms with Gasteiger partial charge in [0.05, 0.1) is 17.6 Å². The first-order valence-corrected chi connectivity index (χ1v) is 8.55. The normalized spacial score (nSPS) is 55.5. The van der Waals surface area contributed by atoms with Gasteiger partial charge in [0.25, 0.3) is 0 Å². The van der Waals surface area contributed by atoms with Crippen LogP contribution in [-0.2, 0) is 19.0 Å². The summed E-state index contributed by atoms with van der Waals surface area (Å²) in [6.07, 6.45) is 7.39. The summed E-state index contributed by atoms with van der Waals surface area (Å²) in [5.41, 5.74) is 0. The predicted molar refractivity (Wildman–Crippen MR) is 79.4 cm³/mol. The Morgan fingerprint density at radius 3 is 3.05 bits per heavy atom. The number of allylic oxidation sites excluding steroid dienone is 2. The molecule has 3 heterocycles. The van der Waals surface area contributed by atoms with Crippen LogP contribution in [0.4, 0.5) is 0 Å². The molecule has 0 aromatic carbocycles. The summed E-state index contributed by atoms with van der Waals surface area (Å²) < 4.78 is 18.1. The second-order valence-electron chi connectivity index (χ2n) is 6.82. The number of carbonyl (C=O) groups is 1. The third kappa shape index (κ3) is 1.44. The zero-order valence-corrected chi connectivity index (χ0v) is 13.3. The Morgan fingerprint density at radius 1 is 1.32 bits per heavy atom. The minimum Gasteiger partial charge on any atom is -0.352 e. The van der Waals surface area contributed by atoms with Gasteiger partial charge in [-0.2, -0.15) is 0 Å². The van der Waals surface area contributed by atoms with Crippen molar-refractivity contribution in [1.29, 1.82) is 0 Å². The number of hydrogen-bond donors (Lipinski definition) is 0. The van der Waals surface area contributed by atoms with Crippen LogP contribution in [0.25, 0.3) is 0 Å². The Labute approximate surface area is 138 Å².